The number of carboxylic acids is 1. The second kappa shape index (κ2) is 11.3. The summed E-state index contributed by atoms with van der Waals surface area (Å²) in [6.07, 6.45) is 5.93. The van der Waals surface area contributed by atoms with Crippen LogP contribution in [0.2, 0.25) is 0 Å². The molecule has 0 atom stereocenters. The number of carboxylic acid groups (broad SMARTS) is 1. The van der Waals surface area contributed by atoms with E-state index in [0.29, 0.717) is 6.54 Å². The van der Waals surface area contributed by atoms with Crippen LogP contribution in [0, 0.1) is 0 Å². The van der Waals surface area contributed by atoms with Crippen molar-refractivity contribution in [2.24, 2.45) is 4.99 Å². The maximum Gasteiger partial charge on any atom is 0.237 e. The SMILES string of the molecule is CC(=O)[O-].CC(C)n1ncc(/N=C2\C=C(c3ccc(O)cc3)[n+]3ccccc32)c1NCc1ccccc1. The number of nitrogens with zero attached hydrogens (tertiary/aromatic N) is 4. The van der Waals surface area contributed by atoms with Crippen molar-refractivity contribution >= 4 is 28.9 Å². The molecule has 37 heavy (non-hydrogen) atoms. The quantitative estimate of drug-likeness (QED) is 0.395. The molecule has 4 aromatic rings. The predicted molar refractivity (Wildman–Crippen MR) is 141 cm³/mol. The number of nitrogens with one attached hydrogen (secondary N) is 1. The van der Waals surface area contributed by atoms with Crippen molar-refractivity contribution in [1.82, 2.24) is 9.78 Å². The molecule has 8 heteroatoms. The van der Waals surface area contributed by atoms with Crippen LogP contribution in [0.3, 0.4) is 0 Å². The molecule has 188 valence electrons. The minimum atomic E-state index is -1.08. The van der Waals surface area contributed by atoms with Crippen molar-refractivity contribution in [3.8, 4) is 5.75 Å². The Morgan fingerprint density at radius 1 is 1.08 bits per heavy atom. The van der Waals surface area contributed by atoms with Crippen LogP contribution < -0.4 is 15.0 Å². The van der Waals surface area contributed by atoms with Gasteiger partial charge in [-0.3, -0.25) is 0 Å². The monoisotopic (exact) mass is 495 g/mol. The van der Waals surface area contributed by atoms with Crippen molar-refractivity contribution in [2.75, 3.05) is 5.32 Å². The van der Waals surface area contributed by atoms with Gasteiger partial charge in [0.25, 0.3) is 0 Å². The van der Waals surface area contributed by atoms with Crippen molar-refractivity contribution in [1.29, 1.82) is 0 Å². The molecule has 2 N–H and O–H groups in total. The summed E-state index contributed by atoms with van der Waals surface area (Å²) in [7, 11) is 0. The maximum atomic E-state index is 9.69. The highest BCUT2D eigenvalue weighted by Crippen LogP contribution is 2.30. The topological polar surface area (TPSA) is 106 Å². The highest BCUT2D eigenvalue weighted by Gasteiger charge is 2.30. The average molecular weight is 496 g/mol. The van der Waals surface area contributed by atoms with Gasteiger partial charge in [0, 0.05) is 42.3 Å². The van der Waals surface area contributed by atoms with Gasteiger partial charge in [-0.05, 0) is 56.7 Å². The fourth-order valence-electron chi connectivity index (χ4n) is 3.99. The molecule has 0 spiro atoms. The number of aliphatic imine (C=N–C) groups is 1. The van der Waals surface area contributed by atoms with E-state index in [0.717, 1.165) is 41.1 Å². The van der Waals surface area contributed by atoms with E-state index in [9.17, 15) is 5.11 Å². The standard InChI is InChI=1S/C27H25N5O.C2H4O2/c1-19(2)32-27(28-17-20-8-4-3-5-9-20)24(18-29-32)30-23-16-26(21-11-13-22(33)14-12-21)31-15-7-6-10-25(23)31;1-2(3)4/h3-16,18-19,33H,17H2,1-2H3;1H3,(H,3,4). The molecule has 0 amide bonds. The molecule has 5 rings (SSSR count). The number of phenolic OH excluding ortho intramolecular Hbond substituents is 1. The molecule has 0 bridgehead atoms. The molecular weight excluding hydrogens is 466 g/mol. The van der Waals surface area contributed by atoms with E-state index in [1.54, 1.807) is 12.1 Å². The smallest absolute Gasteiger partial charge is 0.237 e. The van der Waals surface area contributed by atoms with Crippen LogP contribution in [0.1, 0.15) is 43.6 Å². The van der Waals surface area contributed by atoms with E-state index >= 15 is 0 Å². The summed E-state index contributed by atoms with van der Waals surface area (Å²) in [5, 5.41) is 26.7. The molecule has 0 aliphatic carbocycles. The van der Waals surface area contributed by atoms with Gasteiger partial charge in [-0.25, -0.2) is 9.67 Å². The second-order valence-electron chi connectivity index (χ2n) is 8.78. The molecule has 3 heterocycles. The van der Waals surface area contributed by atoms with Gasteiger partial charge < -0.3 is 20.3 Å². The Kier molecular flexibility index (Phi) is 7.78. The number of allylic oxidation sites excluding steroid dienone is 1. The number of benzene rings is 2. The molecule has 0 unspecified atom stereocenters. The van der Waals surface area contributed by atoms with Crippen LogP contribution in [0.15, 0.2) is 96.3 Å². The number of aliphatic carboxylic acids is 1. The summed E-state index contributed by atoms with van der Waals surface area (Å²) in [6, 6.07) is 23.8. The molecule has 1 aliphatic rings. The Morgan fingerprint density at radius 3 is 2.43 bits per heavy atom. The predicted octanol–water partition coefficient (Wildman–Crippen LogP) is 3.85. The number of fused-ring (bicyclic) bond motifs is 1. The van der Waals surface area contributed by atoms with Crippen LogP contribution in [0.25, 0.3) is 5.70 Å². The molecule has 0 saturated heterocycles. The zero-order valence-electron chi connectivity index (χ0n) is 21.0. The third-order valence-corrected chi connectivity index (χ3v) is 5.63. The number of aromatic hydroxyl groups is 1. The van der Waals surface area contributed by atoms with Crippen LogP contribution in [0.5, 0.6) is 5.75 Å². The summed E-state index contributed by atoms with van der Waals surface area (Å²) >= 11 is 0. The summed E-state index contributed by atoms with van der Waals surface area (Å²) in [4.78, 5) is 13.9. The molecule has 0 radical (unpaired) electrons. The molecule has 1 aliphatic heterocycles. The lowest BCUT2D eigenvalue weighted by Gasteiger charge is -2.13. The van der Waals surface area contributed by atoms with Gasteiger partial charge in [0.2, 0.25) is 11.4 Å². The van der Waals surface area contributed by atoms with Crippen LogP contribution in [-0.2, 0) is 11.3 Å². The lowest BCUT2D eigenvalue weighted by Crippen LogP contribution is -2.34. The fourth-order valence-corrected chi connectivity index (χ4v) is 3.99. The number of hydrogen-bond acceptors (Lipinski definition) is 6. The van der Waals surface area contributed by atoms with E-state index in [2.05, 4.69) is 53.1 Å². The van der Waals surface area contributed by atoms with E-state index in [1.807, 2.05) is 59.5 Å². The highest BCUT2D eigenvalue weighted by molar-refractivity contribution is 6.13. The third-order valence-electron chi connectivity index (χ3n) is 5.63. The molecular formula is C29H29N5O3. The molecule has 2 aromatic heterocycles. The Hall–Kier alpha value is -4.72. The first-order valence-electron chi connectivity index (χ1n) is 12.0. The van der Waals surface area contributed by atoms with Crippen molar-refractivity contribution in [3.05, 3.63) is 108 Å². The number of phenols is 1. The first-order chi connectivity index (χ1) is 17.8. The van der Waals surface area contributed by atoms with E-state index in [4.69, 9.17) is 14.9 Å². The average Bonchev–Trinajstić information content (AvgIpc) is 3.45. The summed E-state index contributed by atoms with van der Waals surface area (Å²) in [6.45, 7) is 5.89. The zero-order valence-corrected chi connectivity index (χ0v) is 21.0. The van der Waals surface area contributed by atoms with E-state index < -0.39 is 5.97 Å². The van der Waals surface area contributed by atoms with E-state index in [1.165, 1.54) is 5.56 Å². The highest BCUT2D eigenvalue weighted by atomic mass is 16.4. The van der Waals surface area contributed by atoms with Crippen molar-refractivity contribution in [2.45, 2.75) is 33.4 Å². The molecule has 8 nitrogen and oxygen atoms in total. The molecule has 0 saturated carbocycles. The normalized spacial score (nSPS) is 13.1. The van der Waals surface area contributed by atoms with Gasteiger partial charge in [0.1, 0.15) is 17.1 Å². The van der Waals surface area contributed by atoms with Gasteiger partial charge >= 0.3 is 0 Å². The van der Waals surface area contributed by atoms with Crippen LogP contribution >= 0.6 is 0 Å². The van der Waals surface area contributed by atoms with Gasteiger partial charge in [0.15, 0.2) is 12.0 Å². The van der Waals surface area contributed by atoms with Gasteiger partial charge in [-0.1, -0.05) is 30.3 Å². The number of carbonyl (C=O) groups is 1. The van der Waals surface area contributed by atoms with Crippen molar-refractivity contribution < 1.29 is 19.6 Å². The first-order valence-corrected chi connectivity index (χ1v) is 12.0. The number of rotatable bonds is 6. The number of pyridine rings is 1. The van der Waals surface area contributed by atoms with Crippen LogP contribution in [0.4, 0.5) is 11.5 Å². The van der Waals surface area contributed by atoms with Gasteiger partial charge in [-0.2, -0.15) is 9.67 Å². The Morgan fingerprint density at radius 2 is 1.76 bits per heavy atom. The van der Waals surface area contributed by atoms with Crippen molar-refractivity contribution in [3.63, 3.8) is 0 Å². The Balaban J connectivity index is 0.000000747. The third kappa shape index (κ3) is 6.10. The van der Waals surface area contributed by atoms with Gasteiger partial charge in [-0.15, -0.1) is 0 Å². The minimum absolute atomic E-state index is 0.200. The largest absolute Gasteiger partial charge is 0.550 e. The number of anilines is 1. The molecule has 0 fully saturated rings. The van der Waals surface area contributed by atoms with Crippen LogP contribution in [-0.4, -0.2) is 26.6 Å². The summed E-state index contributed by atoms with van der Waals surface area (Å²) in [5.41, 5.74) is 5.89. The Labute approximate surface area is 215 Å². The number of aromatic nitrogens is 3. The summed E-state index contributed by atoms with van der Waals surface area (Å²) < 4.78 is 4.09. The Bertz CT molecular complexity index is 1430. The maximum absolute atomic E-state index is 9.69. The minimum Gasteiger partial charge on any atom is -0.550 e. The fraction of sp³-hybridized carbons (Fsp3) is 0.172. The molecule has 2 aromatic carbocycles. The lowest BCUT2D eigenvalue weighted by molar-refractivity contribution is -0.577. The lowest BCUT2D eigenvalue weighted by atomic mass is 10.1. The number of carbonyl (C=O) groups excluding carboxylic acids is 1. The van der Waals surface area contributed by atoms with E-state index in [-0.39, 0.29) is 11.8 Å². The zero-order chi connectivity index (χ0) is 26.4. The first kappa shape index (κ1) is 25.4. The second-order valence-corrected chi connectivity index (χ2v) is 8.78. The summed E-state index contributed by atoms with van der Waals surface area (Å²) in [5.74, 6) is 0.0649. The number of hydrogen-bond donors (Lipinski definition) is 2. The van der Waals surface area contributed by atoms with Gasteiger partial charge in [0.05, 0.1) is 6.20 Å².